The lowest BCUT2D eigenvalue weighted by Gasteiger charge is -2.20. The fraction of sp³-hybridized carbons (Fsp3) is 0.417. The molecular weight excluding hydrogens is 300 g/mol. The molecule has 3 heterocycles. The summed E-state index contributed by atoms with van der Waals surface area (Å²) in [5.74, 6) is -0.0946. The fourth-order valence-corrected chi connectivity index (χ4v) is 3.09. The third-order valence-corrected chi connectivity index (χ3v) is 3.99. The summed E-state index contributed by atoms with van der Waals surface area (Å²) in [6, 6.07) is 1.61. The van der Waals surface area contributed by atoms with Crippen LogP contribution in [0.4, 0.5) is 5.13 Å². The van der Waals surface area contributed by atoms with E-state index in [1.807, 2.05) is 0 Å². The first-order chi connectivity index (χ1) is 9.11. The van der Waals surface area contributed by atoms with Gasteiger partial charge in [0.25, 0.3) is 5.91 Å². The standard InChI is InChI=1S/C12H14N4O2S.ClH/c1-7-5-9(18-15-7)11(17)14-12-13-8-3-4-16(2)6-10(8)19-12;/h5H,3-4,6H2,1-2H3,(H,13,14,17);1H. The second-order valence-electron chi connectivity index (χ2n) is 4.66. The van der Waals surface area contributed by atoms with E-state index in [9.17, 15) is 4.79 Å². The molecule has 0 saturated heterocycles. The smallest absolute Gasteiger partial charge is 0.296 e. The van der Waals surface area contributed by atoms with Crippen LogP contribution in [0.25, 0.3) is 0 Å². The summed E-state index contributed by atoms with van der Waals surface area (Å²) in [6.45, 7) is 3.67. The molecule has 20 heavy (non-hydrogen) atoms. The minimum Gasteiger partial charge on any atom is -0.351 e. The zero-order valence-corrected chi connectivity index (χ0v) is 12.8. The molecule has 0 aliphatic carbocycles. The van der Waals surface area contributed by atoms with Crippen LogP contribution >= 0.6 is 23.7 Å². The monoisotopic (exact) mass is 314 g/mol. The van der Waals surface area contributed by atoms with E-state index in [1.165, 1.54) is 16.2 Å². The van der Waals surface area contributed by atoms with Gasteiger partial charge < -0.3 is 9.42 Å². The number of halogens is 1. The molecule has 108 valence electrons. The largest absolute Gasteiger partial charge is 0.351 e. The summed E-state index contributed by atoms with van der Waals surface area (Å²) in [6.07, 6.45) is 0.930. The number of hydrogen-bond acceptors (Lipinski definition) is 6. The third kappa shape index (κ3) is 3.00. The number of nitrogens with zero attached hydrogens (tertiary/aromatic N) is 3. The number of carbonyl (C=O) groups excluding carboxylic acids is 1. The van der Waals surface area contributed by atoms with E-state index in [0.717, 1.165) is 25.2 Å². The maximum atomic E-state index is 11.9. The van der Waals surface area contributed by atoms with E-state index < -0.39 is 0 Å². The summed E-state index contributed by atoms with van der Waals surface area (Å²) in [5.41, 5.74) is 1.78. The molecule has 0 atom stereocenters. The summed E-state index contributed by atoms with van der Waals surface area (Å²) in [4.78, 5) is 19.8. The Morgan fingerprint density at radius 2 is 2.35 bits per heavy atom. The van der Waals surface area contributed by atoms with Crippen LogP contribution in [0.15, 0.2) is 10.6 Å². The number of anilines is 1. The van der Waals surface area contributed by atoms with Crippen molar-refractivity contribution in [2.45, 2.75) is 19.9 Å². The van der Waals surface area contributed by atoms with Crippen molar-refractivity contribution in [1.29, 1.82) is 0 Å². The number of rotatable bonds is 2. The van der Waals surface area contributed by atoms with Crippen molar-refractivity contribution in [3.63, 3.8) is 0 Å². The van der Waals surface area contributed by atoms with E-state index in [0.29, 0.717) is 10.8 Å². The van der Waals surface area contributed by atoms with Gasteiger partial charge in [-0.2, -0.15) is 0 Å². The Bertz CT molecular complexity index is 625. The lowest BCUT2D eigenvalue weighted by Crippen LogP contribution is -2.25. The quantitative estimate of drug-likeness (QED) is 0.919. The van der Waals surface area contributed by atoms with Gasteiger partial charge in [0.15, 0.2) is 5.13 Å². The molecule has 0 spiro atoms. The van der Waals surface area contributed by atoms with Crippen LogP contribution < -0.4 is 5.32 Å². The Hall–Kier alpha value is -1.44. The molecule has 2 aromatic heterocycles. The van der Waals surface area contributed by atoms with Crippen LogP contribution in [0.2, 0.25) is 0 Å². The first-order valence-corrected chi connectivity index (χ1v) is 6.85. The molecule has 0 aromatic carbocycles. The molecule has 8 heteroatoms. The average molecular weight is 315 g/mol. The number of hydrogen-bond donors (Lipinski definition) is 1. The second-order valence-corrected chi connectivity index (χ2v) is 5.75. The Balaban J connectivity index is 0.00000147. The molecule has 1 amide bonds. The highest BCUT2D eigenvalue weighted by Crippen LogP contribution is 2.27. The minimum atomic E-state index is -0.306. The van der Waals surface area contributed by atoms with Gasteiger partial charge in [0.05, 0.1) is 11.4 Å². The Morgan fingerprint density at radius 1 is 1.55 bits per heavy atom. The van der Waals surface area contributed by atoms with Gasteiger partial charge in [-0.3, -0.25) is 10.1 Å². The summed E-state index contributed by atoms with van der Waals surface area (Å²) in [5, 5.41) is 7.08. The van der Waals surface area contributed by atoms with Gasteiger partial charge in [-0.05, 0) is 14.0 Å². The Morgan fingerprint density at radius 3 is 3.05 bits per heavy atom. The van der Waals surface area contributed by atoms with Crippen molar-refractivity contribution in [2.24, 2.45) is 0 Å². The summed E-state index contributed by atoms with van der Waals surface area (Å²) < 4.78 is 4.92. The van der Waals surface area contributed by atoms with Crippen LogP contribution in [-0.4, -0.2) is 34.5 Å². The second kappa shape index (κ2) is 5.90. The van der Waals surface area contributed by atoms with Crippen LogP contribution in [0.3, 0.4) is 0 Å². The van der Waals surface area contributed by atoms with Gasteiger partial charge in [0.2, 0.25) is 5.76 Å². The first kappa shape index (κ1) is 15.0. The van der Waals surface area contributed by atoms with E-state index >= 15 is 0 Å². The lowest BCUT2D eigenvalue weighted by molar-refractivity contribution is 0.0988. The van der Waals surface area contributed by atoms with Crippen LogP contribution in [0.5, 0.6) is 0 Å². The number of amides is 1. The zero-order valence-electron chi connectivity index (χ0n) is 11.2. The van der Waals surface area contributed by atoms with Crippen molar-refractivity contribution in [3.8, 4) is 0 Å². The van der Waals surface area contributed by atoms with Gasteiger partial charge >= 0.3 is 0 Å². The van der Waals surface area contributed by atoms with Crippen LogP contribution in [0.1, 0.15) is 26.8 Å². The summed E-state index contributed by atoms with van der Waals surface area (Å²) in [7, 11) is 2.08. The van der Waals surface area contributed by atoms with Gasteiger partial charge in [-0.15, -0.1) is 23.7 Å². The minimum absolute atomic E-state index is 0. The van der Waals surface area contributed by atoms with E-state index in [2.05, 4.69) is 27.4 Å². The topological polar surface area (TPSA) is 71.3 Å². The number of likely N-dealkylation sites (N-methyl/N-ethyl adjacent to an activating group) is 1. The van der Waals surface area contributed by atoms with Crippen LogP contribution in [-0.2, 0) is 13.0 Å². The maximum absolute atomic E-state index is 11.9. The van der Waals surface area contributed by atoms with Gasteiger partial charge in [0, 0.05) is 30.5 Å². The number of aryl methyl sites for hydroxylation is 1. The van der Waals surface area contributed by atoms with E-state index in [4.69, 9.17) is 4.52 Å². The zero-order chi connectivity index (χ0) is 13.4. The van der Waals surface area contributed by atoms with Crippen molar-refractivity contribution < 1.29 is 9.32 Å². The molecule has 1 N–H and O–H groups in total. The number of nitrogens with one attached hydrogen (secondary N) is 1. The fourth-order valence-electron chi connectivity index (χ4n) is 2.01. The number of carbonyl (C=O) groups is 1. The van der Waals surface area contributed by atoms with Crippen molar-refractivity contribution in [2.75, 3.05) is 18.9 Å². The molecule has 0 bridgehead atoms. The normalized spacial score (nSPS) is 14.5. The number of aromatic nitrogens is 2. The molecule has 0 unspecified atom stereocenters. The predicted octanol–water partition coefficient (Wildman–Crippen LogP) is 2.10. The highest BCUT2D eigenvalue weighted by atomic mass is 35.5. The molecule has 1 aliphatic rings. The average Bonchev–Trinajstić information content (AvgIpc) is 2.94. The van der Waals surface area contributed by atoms with E-state index in [1.54, 1.807) is 13.0 Å². The lowest BCUT2D eigenvalue weighted by atomic mass is 10.2. The molecule has 0 fully saturated rings. The Kier molecular flexibility index (Phi) is 4.42. The van der Waals surface area contributed by atoms with Gasteiger partial charge in [-0.1, -0.05) is 5.16 Å². The SMILES string of the molecule is Cc1cc(C(=O)Nc2nc3c(s2)CN(C)CC3)on1.Cl. The van der Waals surface area contributed by atoms with Crippen molar-refractivity contribution in [3.05, 3.63) is 28.1 Å². The highest BCUT2D eigenvalue weighted by Gasteiger charge is 2.20. The Labute approximate surface area is 126 Å². The van der Waals surface area contributed by atoms with Gasteiger partial charge in [-0.25, -0.2) is 4.98 Å². The van der Waals surface area contributed by atoms with Crippen molar-refractivity contribution >= 4 is 34.8 Å². The molecule has 0 saturated carbocycles. The third-order valence-electron chi connectivity index (χ3n) is 2.99. The molecular formula is C12H15ClN4O2S. The molecule has 6 nitrogen and oxygen atoms in total. The molecule has 2 aromatic rings. The maximum Gasteiger partial charge on any atom is 0.296 e. The first-order valence-electron chi connectivity index (χ1n) is 6.03. The van der Waals surface area contributed by atoms with Gasteiger partial charge in [0.1, 0.15) is 0 Å². The predicted molar refractivity (Wildman–Crippen MR) is 78.6 cm³/mol. The van der Waals surface area contributed by atoms with Crippen molar-refractivity contribution in [1.82, 2.24) is 15.0 Å². The number of fused-ring (bicyclic) bond motifs is 1. The molecule has 3 rings (SSSR count). The number of thiazole rings is 1. The van der Waals surface area contributed by atoms with Crippen LogP contribution in [0, 0.1) is 6.92 Å². The van der Waals surface area contributed by atoms with E-state index in [-0.39, 0.29) is 24.1 Å². The summed E-state index contributed by atoms with van der Waals surface area (Å²) >= 11 is 1.52. The molecule has 1 aliphatic heterocycles. The highest BCUT2D eigenvalue weighted by molar-refractivity contribution is 7.15. The molecule has 0 radical (unpaired) electrons.